The summed E-state index contributed by atoms with van der Waals surface area (Å²) in [5.41, 5.74) is -0.168. The Bertz CT molecular complexity index is 200. The monoisotopic (exact) mass is 244 g/mol. The molecular weight excluding hydrogens is 216 g/mol. The molecule has 1 rings (SSSR count). The second-order valence-electron chi connectivity index (χ2n) is 5.83. The standard InChI is InChI=1S/C13H28N2O2/c1-13(2,3)17-11-12(16)10-14-6-4-7-15-8-5-9-15/h12,14,16H,4-11H2,1-3H3. The van der Waals surface area contributed by atoms with Crippen LogP contribution in [0.3, 0.4) is 0 Å². The molecular formula is C13H28N2O2. The Morgan fingerprint density at radius 2 is 2.06 bits per heavy atom. The molecule has 1 heterocycles. The summed E-state index contributed by atoms with van der Waals surface area (Å²) in [5.74, 6) is 0. The number of nitrogens with one attached hydrogen (secondary N) is 1. The number of likely N-dealkylation sites (tertiary alicyclic amines) is 1. The Hall–Kier alpha value is -0.160. The van der Waals surface area contributed by atoms with E-state index in [1.54, 1.807) is 0 Å². The van der Waals surface area contributed by atoms with Crippen LogP contribution < -0.4 is 5.32 Å². The van der Waals surface area contributed by atoms with Gasteiger partial charge in [0.25, 0.3) is 0 Å². The van der Waals surface area contributed by atoms with Gasteiger partial charge in [-0.25, -0.2) is 0 Å². The molecule has 1 saturated heterocycles. The van der Waals surface area contributed by atoms with Crippen molar-refractivity contribution < 1.29 is 9.84 Å². The van der Waals surface area contributed by atoms with Gasteiger partial charge in [0, 0.05) is 6.54 Å². The average Bonchev–Trinajstić information content (AvgIpc) is 2.16. The third-order valence-electron chi connectivity index (χ3n) is 2.87. The minimum absolute atomic E-state index is 0.168. The first-order valence-corrected chi connectivity index (χ1v) is 6.72. The van der Waals surface area contributed by atoms with Gasteiger partial charge in [-0.2, -0.15) is 0 Å². The number of aliphatic hydroxyl groups excluding tert-OH is 1. The maximum atomic E-state index is 9.68. The molecule has 1 aliphatic rings. The zero-order valence-electron chi connectivity index (χ0n) is 11.5. The largest absolute Gasteiger partial charge is 0.389 e. The van der Waals surface area contributed by atoms with Crippen molar-refractivity contribution in [3.05, 3.63) is 0 Å². The Morgan fingerprint density at radius 3 is 2.59 bits per heavy atom. The molecule has 17 heavy (non-hydrogen) atoms. The summed E-state index contributed by atoms with van der Waals surface area (Å²) in [6.07, 6.45) is 2.11. The van der Waals surface area contributed by atoms with Gasteiger partial charge in [-0.15, -0.1) is 0 Å². The minimum atomic E-state index is -0.404. The Balaban J connectivity index is 1.87. The highest BCUT2D eigenvalue weighted by Crippen LogP contribution is 2.07. The summed E-state index contributed by atoms with van der Waals surface area (Å²) in [7, 11) is 0. The smallest absolute Gasteiger partial charge is 0.0897 e. The number of hydrogen-bond acceptors (Lipinski definition) is 4. The highest BCUT2D eigenvalue weighted by Gasteiger charge is 2.14. The van der Waals surface area contributed by atoms with Crippen LogP contribution in [0.4, 0.5) is 0 Å². The average molecular weight is 244 g/mol. The zero-order valence-corrected chi connectivity index (χ0v) is 11.5. The number of aliphatic hydroxyl groups is 1. The van der Waals surface area contributed by atoms with Gasteiger partial charge >= 0.3 is 0 Å². The summed E-state index contributed by atoms with van der Waals surface area (Å²) in [5, 5.41) is 12.9. The molecule has 0 saturated carbocycles. The fourth-order valence-electron chi connectivity index (χ4n) is 1.71. The molecule has 4 heteroatoms. The Kier molecular flexibility index (Phi) is 6.41. The molecule has 4 nitrogen and oxygen atoms in total. The van der Waals surface area contributed by atoms with Gasteiger partial charge in [-0.1, -0.05) is 0 Å². The summed E-state index contributed by atoms with van der Waals surface area (Å²) in [4.78, 5) is 2.46. The molecule has 0 amide bonds. The second kappa shape index (κ2) is 7.31. The van der Waals surface area contributed by atoms with Crippen LogP contribution in [0.5, 0.6) is 0 Å². The molecule has 0 aromatic carbocycles. The fourth-order valence-corrected chi connectivity index (χ4v) is 1.71. The SMILES string of the molecule is CC(C)(C)OCC(O)CNCCCN1CCC1. The van der Waals surface area contributed by atoms with Crippen LogP contribution in [-0.2, 0) is 4.74 Å². The van der Waals surface area contributed by atoms with E-state index in [2.05, 4.69) is 10.2 Å². The predicted octanol–water partition coefficient (Wildman–Crippen LogP) is 0.848. The van der Waals surface area contributed by atoms with Crippen molar-refractivity contribution in [2.75, 3.05) is 39.3 Å². The van der Waals surface area contributed by atoms with Crippen LogP contribution in [0.2, 0.25) is 0 Å². The molecule has 0 spiro atoms. The van der Waals surface area contributed by atoms with Crippen LogP contribution in [0.15, 0.2) is 0 Å². The van der Waals surface area contributed by atoms with E-state index in [1.165, 1.54) is 26.1 Å². The van der Waals surface area contributed by atoms with Gasteiger partial charge < -0.3 is 20.1 Å². The molecule has 1 unspecified atom stereocenters. The molecule has 0 aliphatic carbocycles. The zero-order chi connectivity index (χ0) is 12.7. The van der Waals surface area contributed by atoms with E-state index in [1.807, 2.05) is 20.8 Å². The molecule has 0 radical (unpaired) electrons. The first kappa shape index (κ1) is 14.9. The lowest BCUT2D eigenvalue weighted by Crippen LogP contribution is -2.39. The van der Waals surface area contributed by atoms with E-state index < -0.39 is 6.10 Å². The highest BCUT2D eigenvalue weighted by atomic mass is 16.5. The molecule has 1 atom stereocenters. The third-order valence-corrected chi connectivity index (χ3v) is 2.87. The maximum absolute atomic E-state index is 9.68. The van der Waals surface area contributed by atoms with Crippen molar-refractivity contribution >= 4 is 0 Å². The van der Waals surface area contributed by atoms with E-state index in [4.69, 9.17) is 4.74 Å². The summed E-state index contributed by atoms with van der Waals surface area (Å²) < 4.78 is 5.51. The van der Waals surface area contributed by atoms with Crippen LogP contribution in [0.25, 0.3) is 0 Å². The maximum Gasteiger partial charge on any atom is 0.0897 e. The summed E-state index contributed by atoms with van der Waals surface area (Å²) in [6.45, 7) is 11.7. The van der Waals surface area contributed by atoms with Gasteiger partial charge in [-0.3, -0.25) is 0 Å². The van der Waals surface area contributed by atoms with E-state index in [0.717, 1.165) is 13.0 Å². The van der Waals surface area contributed by atoms with E-state index >= 15 is 0 Å². The van der Waals surface area contributed by atoms with Crippen molar-refractivity contribution in [1.29, 1.82) is 0 Å². The number of ether oxygens (including phenoxy) is 1. The third kappa shape index (κ3) is 7.71. The Labute approximate surface area is 105 Å². The molecule has 2 N–H and O–H groups in total. The van der Waals surface area contributed by atoms with Crippen molar-refractivity contribution in [1.82, 2.24) is 10.2 Å². The second-order valence-corrected chi connectivity index (χ2v) is 5.83. The molecule has 0 bridgehead atoms. The number of nitrogens with zero attached hydrogens (tertiary/aromatic N) is 1. The predicted molar refractivity (Wildman–Crippen MR) is 70.3 cm³/mol. The topological polar surface area (TPSA) is 44.7 Å². The van der Waals surface area contributed by atoms with Gasteiger partial charge in [0.1, 0.15) is 0 Å². The molecule has 1 fully saturated rings. The Morgan fingerprint density at radius 1 is 1.35 bits per heavy atom. The van der Waals surface area contributed by atoms with Gasteiger partial charge in [0.05, 0.1) is 18.3 Å². The fraction of sp³-hybridized carbons (Fsp3) is 1.00. The lowest BCUT2D eigenvalue weighted by atomic mass is 10.2. The quantitative estimate of drug-likeness (QED) is 0.621. The summed E-state index contributed by atoms with van der Waals surface area (Å²) >= 11 is 0. The lowest BCUT2D eigenvalue weighted by Gasteiger charge is -2.30. The first-order valence-electron chi connectivity index (χ1n) is 6.72. The molecule has 1 aliphatic heterocycles. The van der Waals surface area contributed by atoms with Crippen molar-refractivity contribution in [2.45, 2.75) is 45.3 Å². The summed E-state index contributed by atoms with van der Waals surface area (Å²) in [6, 6.07) is 0. The lowest BCUT2D eigenvalue weighted by molar-refractivity contribution is -0.0478. The van der Waals surface area contributed by atoms with Crippen LogP contribution in [0.1, 0.15) is 33.6 Å². The minimum Gasteiger partial charge on any atom is -0.389 e. The van der Waals surface area contributed by atoms with Gasteiger partial charge in [0.15, 0.2) is 0 Å². The van der Waals surface area contributed by atoms with Crippen LogP contribution in [0, 0.1) is 0 Å². The highest BCUT2D eigenvalue weighted by molar-refractivity contribution is 4.69. The number of rotatable bonds is 8. The van der Waals surface area contributed by atoms with E-state index in [0.29, 0.717) is 13.2 Å². The van der Waals surface area contributed by atoms with Gasteiger partial charge in [-0.05, 0) is 59.8 Å². The van der Waals surface area contributed by atoms with E-state index in [-0.39, 0.29) is 5.60 Å². The van der Waals surface area contributed by atoms with Crippen molar-refractivity contribution in [2.24, 2.45) is 0 Å². The molecule has 0 aromatic heterocycles. The van der Waals surface area contributed by atoms with Crippen molar-refractivity contribution in [3.63, 3.8) is 0 Å². The number of hydrogen-bond donors (Lipinski definition) is 2. The normalized spacial score (nSPS) is 19.1. The molecule has 102 valence electrons. The van der Waals surface area contributed by atoms with Crippen LogP contribution >= 0.6 is 0 Å². The van der Waals surface area contributed by atoms with Crippen LogP contribution in [-0.4, -0.2) is 61.0 Å². The first-order chi connectivity index (χ1) is 7.97. The van der Waals surface area contributed by atoms with Gasteiger partial charge in [0.2, 0.25) is 0 Å². The van der Waals surface area contributed by atoms with E-state index in [9.17, 15) is 5.11 Å². The molecule has 0 aromatic rings. The van der Waals surface area contributed by atoms with Crippen molar-refractivity contribution in [3.8, 4) is 0 Å².